The quantitative estimate of drug-likeness (QED) is 0.825. The molecular formula is C18H21N3O3. The molecule has 1 atom stereocenters. The van der Waals surface area contributed by atoms with Crippen LogP contribution in [-0.4, -0.2) is 21.8 Å². The molecule has 0 fully saturated rings. The van der Waals surface area contributed by atoms with Crippen LogP contribution in [0.15, 0.2) is 22.7 Å². The summed E-state index contributed by atoms with van der Waals surface area (Å²) in [6.07, 6.45) is 3.63. The number of Topliss-reactive ketones (excluding diaryl/α,β-unsaturated/α-hetero) is 1. The van der Waals surface area contributed by atoms with Gasteiger partial charge in [-0.2, -0.15) is 4.98 Å². The van der Waals surface area contributed by atoms with E-state index < -0.39 is 0 Å². The highest BCUT2D eigenvalue weighted by Gasteiger charge is 2.18. The van der Waals surface area contributed by atoms with E-state index in [2.05, 4.69) is 15.5 Å². The number of aryl methyl sites for hydroxylation is 3. The molecule has 6 nitrogen and oxygen atoms in total. The van der Waals surface area contributed by atoms with Gasteiger partial charge >= 0.3 is 0 Å². The Morgan fingerprint density at radius 3 is 2.79 bits per heavy atom. The van der Waals surface area contributed by atoms with Crippen molar-refractivity contribution in [2.24, 2.45) is 0 Å². The lowest BCUT2D eigenvalue weighted by molar-refractivity contribution is -0.121. The van der Waals surface area contributed by atoms with Crippen LogP contribution in [0.2, 0.25) is 0 Å². The molecule has 126 valence electrons. The third kappa shape index (κ3) is 3.69. The number of ketones is 1. The lowest BCUT2D eigenvalue weighted by Crippen LogP contribution is -2.27. The first kappa shape index (κ1) is 16.4. The molecular weight excluding hydrogens is 306 g/mol. The van der Waals surface area contributed by atoms with Crippen molar-refractivity contribution in [2.75, 3.05) is 0 Å². The van der Waals surface area contributed by atoms with Gasteiger partial charge in [0.25, 0.3) is 0 Å². The van der Waals surface area contributed by atoms with Crippen molar-refractivity contribution >= 4 is 11.7 Å². The van der Waals surface area contributed by atoms with Gasteiger partial charge in [-0.3, -0.25) is 9.59 Å². The van der Waals surface area contributed by atoms with E-state index in [1.165, 1.54) is 11.1 Å². The van der Waals surface area contributed by atoms with Gasteiger partial charge in [0, 0.05) is 18.4 Å². The zero-order chi connectivity index (χ0) is 17.1. The van der Waals surface area contributed by atoms with Crippen LogP contribution in [0.1, 0.15) is 65.4 Å². The van der Waals surface area contributed by atoms with Gasteiger partial charge < -0.3 is 9.84 Å². The SMILES string of the molecule is Cc1noc([C@H](C)NC(=O)CCC(=O)c2ccc3c(c2)CCC3)n1. The van der Waals surface area contributed by atoms with Crippen molar-refractivity contribution < 1.29 is 14.1 Å². The van der Waals surface area contributed by atoms with Crippen molar-refractivity contribution in [2.45, 2.75) is 52.0 Å². The maximum Gasteiger partial charge on any atom is 0.248 e. The van der Waals surface area contributed by atoms with E-state index in [1.54, 1.807) is 13.8 Å². The second-order valence-corrected chi connectivity index (χ2v) is 6.23. The highest BCUT2D eigenvalue weighted by atomic mass is 16.5. The molecule has 1 amide bonds. The first-order valence-corrected chi connectivity index (χ1v) is 8.27. The number of carbonyl (C=O) groups excluding carboxylic acids is 2. The first-order chi connectivity index (χ1) is 11.5. The van der Waals surface area contributed by atoms with E-state index in [1.807, 2.05) is 18.2 Å². The number of fused-ring (bicyclic) bond motifs is 1. The number of benzene rings is 1. The fourth-order valence-corrected chi connectivity index (χ4v) is 2.98. The number of amides is 1. The molecule has 0 bridgehead atoms. The van der Waals surface area contributed by atoms with Gasteiger partial charge in [0.1, 0.15) is 6.04 Å². The second-order valence-electron chi connectivity index (χ2n) is 6.23. The fourth-order valence-electron chi connectivity index (χ4n) is 2.98. The van der Waals surface area contributed by atoms with Crippen LogP contribution in [0, 0.1) is 6.92 Å². The first-order valence-electron chi connectivity index (χ1n) is 8.27. The number of carbonyl (C=O) groups is 2. The molecule has 1 heterocycles. The summed E-state index contributed by atoms with van der Waals surface area (Å²) in [5, 5.41) is 6.47. The van der Waals surface area contributed by atoms with Crippen molar-refractivity contribution in [3.8, 4) is 0 Å². The van der Waals surface area contributed by atoms with E-state index in [0.717, 1.165) is 19.3 Å². The summed E-state index contributed by atoms with van der Waals surface area (Å²) in [5.74, 6) is 0.692. The molecule has 0 saturated carbocycles. The maximum atomic E-state index is 12.3. The van der Waals surface area contributed by atoms with E-state index in [-0.39, 0.29) is 30.6 Å². The van der Waals surface area contributed by atoms with E-state index in [0.29, 0.717) is 17.3 Å². The van der Waals surface area contributed by atoms with Crippen LogP contribution in [-0.2, 0) is 17.6 Å². The second kappa shape index (κ2) is 6.95. The van der Waals surface area contributed by atoms with Crippen LogP contribution in [0.25, 0.3) is 0 Å². The highest BCUT2D eigenvalue weighted by molar-refractivity contribution is 5.98. The third-order valence-electron chi connectivity index (χ3n) is 4.29. The minimum atomic E-state index is -0.367. The van der Waals surface area contributed by atoms with Crippen LogP contribution < -0.4 is 5.32 Å². The Kier molecular flexibility index (Phi) is 4.74. The molecule has 0 radical (unpaired) electrons. The Morgan fingerprint density at radius 2 is 2.04 bits per heavy atom. The smallest absolute Gasteiger partial charge is 0.248 e. The minimum Gasteiger partial charge on any atom is -0.345 e. The summed E-state index contributed by atoms with van der Waals surface area (Å²) in [5.41, 5.74) is 3.31. The Balaban J connectivity index is 1.51. The number of hydrogen-bond donors (Lipinski definition) is 1. The Hall–Kier alpha value is -2.50. The molecule has 0 saturated heterocycles. The summed E-state index contributed by atoms with van der Waals surface area (Å²) in [6, 6.07) is 5.52. The number of aromatic nitrogens is 2. The molecule has 0 unspecified atom stereocenters. The van der Waals surface area contributed by atoms with Crippen molar-refractivity contribution in [3.05, 3.63) is 46.6 Å². The third-order valence-corrected chi connectivity index (χ3v) is 4.29. The maximum absolute atomic E-state index is 12.3. The topological polar surface area (TPSA) is 85.1 Å². The number of nitrogens with one attached hydrogen (secondary N) is 1. The van der Waals surface area contributed by atoms with Crippen LogP contribution in [0.4, 0.5) is 0 Å². The normalized spacial score (nSPS) is 14.2. The van der Waals surface area contributed by atoms with Crippen molar-refractivity contribution in [1.82, 2.24) is 15.5 Å². The average molecular weight is 327 g/mol. The van der Waals surface area contributed by atoms with Gasteiger partial charge in [-0.15, -0.1) is 0 Å². The van der Waals surface area contributed by atoms with Gasteiger partial charge in [-0.25, -0.2) is 0 Å². The molecule has 1 aromatic carbocycles. The van der Waals surface area contributed by atoms with Crippen LogP contribution in [0.5, 0.6) is 0 Å². The average Bonchev–Trinajstić information content (AvgIpc) is 3.20. The number of rotatable bonds is 6. The summed E-state index contributed by atoms with van der Waals surface area (Å²) in [6.45, 7) is 3.49. The molecule has 1 N–H and O–H groups in total. The van der Waals surface area contributed by atoms with Crippen molar-refractivity contribution in [3.63, 3.8) is 0 Å². The molecule has 3 rings (SSSR count). The number of hydrogen-bond acceptors (Lipinski definition) is 5. The zero-order valence-electron chi connectivity index (χ0n) is 14.0. The predicted octanol–water partition coefficient (Wildman–Crippen LogP) is 2.71. The van der Waals surface area contributed by atoms with Crippen molar-refractivity contribution in [1.29, 1.82) is 0 Å². The molecule has 0 aliphatic heterocycles. The monoisotopic (exact) mass is 327 g/mol. The summed E-state index contributed by atoms with van der Waals surface area (Å²) in [4.78, 5) is 28.4. The Bertz CT molecular complexity index is 767. The summed E-state index contributed by atoms with van der Waals surface area (Å²) >= 11 is 0. The Morgan fingerprint density at radius 1 is 1.25 bits per heavy atom. The lowest BCUT2D eigenvalue weighted by Gasteiger charge is -2.09. The summed E-state index contributed by atoms with van der Waals surface area (Å²) in [7, 11) is 0. The fraction of sp³-hybridized carbons (Fsp3) is 0.444. The molecule has 1 aliphatic carbocycles. The Labute approximate surface area is 140 Å². The number of nitrogens with zero attached hydrogens (tertiary/aromatic N) is 2. The highest BCUT2D eigenvalue weighted by Crippen LogP contribution is 2.23. The molecule has 1 aromatic heterocycles. The van der Waals surface area contributed by atoms with Crippen LogP contribution >= 0.6 is 0 Å². The van der Waals surface area contributed by atoms with Crippen LogP contribution in [0.3, 0.4) is 0 Å². The van der Waals surface area contributed by atoms with E-state index in [4.69, 9.17) is 4.52 Å². The predicted molar refractivity (Wildman–Crippen MR) is 87.6 cm³/mol. The van der Waals surface area contributed by atoms with E-state index in [9.17, 15) is 9.59 Å². The van der Waals surface area contributed by atoms with Gasteiger partial charge in [0.05, 0.1) is 0 Å². The molecule has 2 aromatic rings. The summed E-state index contributed by atoms with van der Waals surface area (Å²) < 4.78 is 5.02. The molecule has 1 aliphatic rings. The standard InChI is InChI=1S/C18H21N3O3/c1-11(18-20-12(2)21-24-18)19-17(23)9-8-16(22)15-7-6-13-4-3-5-14(13)10-15/h6-7,10-11H,3-5,8-9H2,1-2H3,(H,19,23)/t11-/m0/s1. The largest absolute Gasteiger partial charge is 0.345 e. The van der Waals surface area contributed by atoms with Gasteiger partial charge in [-0.05, 0) is 50.3 Å². The molecule has 24 heavy (non-hydrogen) atoms. The van der Waals surface area contributed by atoms with Gasteiger partial charge in [0.15, 0.2) is 11.6 Å². The minimum absolute atomic E-state index is 0.00105. The zero-order valence-corrected chi connectivity index (χ0v) is 14.0. The van der Waals surface area contributed by atoms with Gasteiger partial charge in [-0.1, -0.05) is 17.3 Å². The lowest BCUT2D eigenvalue weighted by atomic mass is 10.0. The molecule has 6 heteroatoms. The van der Waals surface area contributed by atoms with E-state index >= 15 is 0 Å². The molecule has 0 spiro atoms. The van der Waals surface area contributed by atoms with Gasteiger partial charge in [0.2, 0.25) is 11.8 Å².